The molecule has 1 rings (SSSR count). The highest BCUT2D eigenvalue weighted by Crippen LogP contribution is 2.18. The van der Waals surface area contributed by atoms with Crippen LogP contribution in [0.3, 0.4) is 0 Å². The van der Waals surface area contributed by atoms with E-state index >= 15 is 0 Å². The minimum absolute atomic E-state index is 0.372. The zero-order chi connectivity index (χ0) is 10.4. The molecule has 0 aromatic heterocycles. The lowest BCUT2D eigenvalue weighted by atomic mass is 9.92. The minimum Gasteiger partial charge on any atom is -0.328 e. The SMILES string of the molecule is CCSCCN1CCCC(C(C)N)C1. The average molecular weight is 216 g/mol. The molecule has 0 bridgehead atoms. The van der Waals surface area contributed by atoms with Crippen LogP contribution in [0.2, 0.25) is 0 Å². The number of nitrogens with zero attached hydrogens (tertiary/aromatic N) is 1. The van der Waals surface area contributed by atoms with Crippen LogP contribution in [0.25, 0.3) is 0 Å². The lowest BCUT2D eigenvalue weighted by molar-refractivity contribution is 0.169. The first-order valence-electron chi connectivity index (χ1n) is 5.79. The van der Waals surface area contributed by atoms with Crippen LogP contribution in [0, 0.1) is 5.92 Å². The Morgan fingerprint density at radius 2 is 2.36 bits per heavy atom. The van der Waals surface area contributed by atoms with Gasteiger partial charge in [0.2, 0.25) is 0 Å². The summed E-state index contributed by atoms with van der Waals surface area (Å²) in [6.07, 6.45) is 2.66. The molecule has 1 heterocycles. The molecule has 0 aromatic rings. The van der Waals surface area contributed by atoms with E-state index in [1.54, 1.807) is 0 Å². The molecule has 0 aliphatic carbocycles. The van der Waals surface area contributed by atoms with Crippen LogP contribution in [-0.2, 0) is 0 Å². The summed E-state index contributed by atoms with van der Waals surface area (Å²) in [5, 5.41) is 0. The summed E-state index contributed by atoms with van der Waals surface area (Å²) in [6.45, 7) is 8.14. The zero-order valence-corrected chi connectivity index (χ0v) is 10.4. The van der Waals surface area contributed by atoms with Crippen molar-refractivity contribution in [3.63, 3.8) is 0 Å². The van der Waals surface area contributed by atoms with Gasteiger partial charge in [-0.2, -0.15) is 11.8 Å². The van der Waals surface area contributed by atoms with Gasteiger partial charge in [0.25, 0.3) is 0 Å². The van der Waals surface area contributed by atoms with Crippen LogP contribution in [0.1, 0.15) is 26.7 Å². The summed E-state index contributed by atoms with van der Waals surface area (Å²) in [4.78, 5) is 2.58. The Morgan fingerprint density at radius 1 is 1.57 bits per heavy atom. The van der Waals surface area contributed by atoms with E-state index in [-0.39, 0.29) is 0 Å². The van der Waals surface area contributed by atoms with Crippen molar-refractivity contribution in [3.8, 4) is 0 Å². The predicted octanol–water partition coefficient (Wildman–Crippen LogP) is 1.80. The first-order chi connectivity index (χ1) is 6.74. The average Bonchev–Trinajstić information content (AvgIpc) is 2.19. The highest BCUT2D eigenvalue weighted by atomic mass is 32.2. The third kappa shape index (κ3) is 4.20. The Kier molecular flexibility index (Phi) is 5.90. The Hall–Kier alpha value is 0.270. The fourth-order valence-electron chi connectivity index (χ4n) is 2.06. The second-order valence-corrected chi connectivity index (χ2v) is 5.65. The Morgan fingerprint density at radius 3 is 3.00 bits per heavy atom. The molecule has 2 atom stereocenters. The van der Waals surface area contributed by atoms with E-state index in [1.807, 2.05) is 11.8 Å². The van der Waals surface area contributed by atoms with Gasteiger partial charge in [0, 0.05) is 24.9 Å². The number of rotatable bonds is 5. The number of likely N-dealkylation sites (tertiary alicyclic amines) is 1. The Bertz CT molecular complexity index is 150. The van der Waals surface area contributed by atoms with Gasteiger partial charge in [0.15, 0.2) is 0 Å². The van der Waals surface area contributed by atoms with Gasteiger partial charge >= 0.3 is 0 Å². The Labute approximate surface area is 92.6 Å². The smallest absolute Gasteiger partial charge is 0.00725 e. The molecule has 0 spiro atoms. The van der Waals surface area contributed by atoms with E-state index in [2.05, 4.69) is 18.7 Å². The topological polar surface area (TPSA) is 29.3 Å². The van der Waals surface area contributed by atoms with Gasteiger partial charge in [-0.15, -0.1) is 0 Å². The summed E-state index contributed by atoms with van der Waals surface area (Å²) in [5.41, 5.74) is 5.95. The molecule has 1 fully saturated rings. The van der Waals surface area contributed by atoms with Gasteiger partial charge in [0.1, 0.15) is 0 Å². The van der Waals surface area contributed by atoms with Crippen molar-refractivity contribution < 1.29 is 0 Å². The molecule has 14 heavy (non-hydrogen) atoms. The maximum absolute atomic E-state index is 5.95. The number of hydrogen-bond donors (Lipinski definition) is 1. The first-order valence-corrected chi connectivity index (χ1v) is 6.95. The fraction of sp³-hybridized carbons (Fsp3) is 1.00. The van der Waals surface area contributed by atoms with Crippen molar-refractivity contribution in [2.75, 3.05) is 31.1 Å². The van der Waals surface area contributed by atoms with Crippen molar-refractivity contribution in [1.29, 1.82) is 0 Å². The Balaban J connectivity index is 2.19. The van der Waals surface area contributed by atoms with Crippen LogP contribution in [0.15, 0.2) is 0 Å². The number of thioether (sulfide) groups is 1. The van der Waals surface area contributed by atoms with E-state index in [0.717, 1.165) is 5.92 Å². The van der Waals surface area contributed by atoms with E-state index < -0.39 is 0 Å². The van der Waals surface area contributed by atoms with Crippen LogP contribution in [0.4, 0.5) is 0 Å². The second-order valence-electron chi connectivity index (χ2n) is 4.26. The molecule has 0 aromatic carbocycles. The van der Waals surface area contributed by atoms with E-state index in [9.17, 15) is 0 Å². The van der Waals surface area contributed by atoms with Crippen molar-refractivity contribution >= 4 is 11.8 Å². The highest BCUT2D eigenvalue weighted by molar-refractivity contribution is 7.99. The molecule has 1 aliphatic rings. The summed E-state index contributed by atoms with van der Waals surface area (Å²) in [5.74, 6) is 3.25. The zero-order valence-electron chi connectivity index (χ0n) is 9.54. The number of nitrogens with two attached hydrogens (primary N) is 1. The quantitative estimate of drug-likeness (QED) is 0.711. The van der Waals surface area contributed by atoms with Gasteiger partial charge in [-0.3, -0.25) is 0 Å². The van der Waals surface area contributed by atoms with Gasteiger partial charge in [0.05, 0.1) is 0 Å². The minimum atomic E-state index is 0.372. The molecule has 0 radical (unpaired) electrons. The monoisotopic (exact) mass is 216 g/mol. The van der Waals surface area contributed by atoms with Crippen LogP contribution in [-0.4, -0.2) is 42.1 Å². The molecule has 84 valence electrons. The fourth-order valence-corrected chi connectivity index (χ4v) is 2.74. The maximum atomic E-state index is 5.95. The van der Waals surface area contributed by atoms with Crippen LogP contribution >= 0.6 is 11.8 Å². The summed E-state index contributed by atoms with van der Waals surface area (Å²) in [7, 11) is 0. The van der Waals surface area contributed by atoms with Crippen molar-refractivity contribution in [2.24, 2.45) is 11.7 Å². The van der Waals surface area contributed by atoms with E-state index in [4.69, 9.17) is 5.73 Å². The number of hydrogen-bond acceptors (Lipinski definition) is 3. The molecule has 0 amide bonds. The third-order valence-corrected chi connectivity index (χ3v) is 3.92. The molecule has 0 saturated carbocycles. The normalized spacial score (nSPS) is 26.4. The molecular weight excluding hydrogens is 192 g/mol. The lowest BCUT2D eigenvalue weighted by Crippen LogP contribution is -2.43. The largest absolute Gasteiger partial charge is 0.328 e. The maximum Gasteiger partial charge on any atom is 0.00725 e. The van der Waals surface area contributed by atoms with E-state index in [1.165, 1.54) is 44.0 Å². The van der Waals surface area contributed by atoms with Gasteiger partial charge < -0.3 is 10.6 Å². The standard InChI is InChI=1S/C11H24N2S/c1-3-14-8-7-13-6-4-5-11(9-13)10(2)12/h10-11H,3-9,12H2,1-2H3. The second kappa shape index (κ2) is 6.70. The van der Waals surface area contributed by atoms with Crippen molar-refractivity contribution in [2.45, 2.75) is 32.7 Å². The summed E-state index contributed by atoms with van der Waals surface area (Å²) in [6, 6.07) is 0.372. The molecule has 1 saturated heterocycles. The van der Waals surface area contributed by atoms with Crippen molar-refractivity contribution in [3.05, 3.63) is 0 Å². The van der Waals surface area contributed by atoms with Crippen molar-refractivity contribution in [1.82, 2.24) is 4.90 Å². The summed E-state index contributed by atoms with van der Waals surface area (Å²) < 4.78 is 0. The van der Waals surface area contributed by atoms with Gasteiger partial charge in [-0.05, 0) is 38.0 Å². The number of piperidine rings is 1. The molecule has 2 nitrogen and oxygen atoms in total. The van der Waals surface area contributed by atoms with E-state index in [0.29, 0.717) is 6.04 Å². The lowest BCUT2D eigenvalue weighted by Gasteiger charge is -2.34. The molecule has 1 aliphatic heterocycles. The summed E-state index contributed by atoms with van der Waals surface area (Å²) >= 11 is 2.04. The molecule has 3 heteroatoms. The molecule has 2 N–H and O–H groups in total. The predicted molar refractivity (Wildman–Crippen MR) is 65.8 cm³/mol. The van der Waals surface area contributed by atoms with Crippen LogP contribution in [0.5, 0.6) is 0 Å². The first kappa shape index (κ1) is 12.3. The molecule has 2 unspecified atom stereocenters. The van der Waals surface area contributed by atoms with Crippen LogP contribution < -0.4 is 5.73 Å². The highest BCUT2D eigenvalue weighted by Gasteiger charge is 2.21. The molecular formula is C11H24N2S. The van der Waals surface area contributed by atoms with Gasteiger partial charge in [-0.1, -0.05) is 6.92 Å². The third-order valence-electron chi connectivity index (χ3n) is 3.04. The van der Waals surface area contributed by atoms with Gasteiger partial charge in [-0.25, -0.2) is 0 Å².